The van der Waals surface area contributed by atoms with Gasteiger partial charge < -0.3 is 14.3 Å². The van der Waals surface area contributed by atoms with Gasteiger partial charge in [-0.25, -0.2) is 9.59 Å². The minimum absolute atomic E-state index is 0.107. The second kappa shape index (κ2) is 10.4. The van der Waals surface area contributed by atoms with Gasteiger partial charge in [0.25, 0.3) is 0 Å². The largest absolute Gasteiger partial charge is 0.507 e. The predicted octanol–water partition coefficient (Wildman–Crippen LogP) is 6.30. The molecule has 1 saturated carbocycles. The van der Waals surface area contributed by atoms with Crippen molar-refractivity contribution in [3.05, 3.63) is 93.0 Å². The van der Waals surface area contributed by atoms with E-state index < -0.39 is 11.7 Å². The van der Waals surface area contributed by atoms with Crippen LogP contribution < -0.4 is 10.9 Å². The van der Waals surface area contributed by atoms with Crippen LogP contribution in [-0.2, 0) is 24.2 Å². The highest BCUT2D eigenvalue weighted by Crippen LogP contribution is 2.49. The van der Waals surface area contributed by atoms with Gasteiger partial charge in [-0.3, -0.25) is 5.32 Å². The molecule has 1 fully saturated rings. The lowest BCUT2D eigenvalue weighted by Gasteiger charge is -2.22. The Balaban J connectivity index is 1.40. The van der Waals surface area contributed by atoms with Gasteiger partial charge in [0.15, 0.2) is 0 Å². The molecule has 0 unspecified atom stereocenters. The molecule has 6 heteroatoms. The zero-order valence-corrected chi connectivity index (χ0v) is 19.8. The smallest absolute Gasteiger partial charge is 0.411 e. The topological polar surface area (TPSA) is 88.8 Å². The molecular formula is C29H31NO5. The van der Waals surface area contributed by atoms with Crippen molar-refractivity contribution in [2.24, 2.45) is 5.92 Å². The molecule has 5 rings (SSSR count). The second-order valence-electron chi connectivity index (χ2n) is 9.60. The minimum atomic E-state index is -0.544. The normalized spacial score (nSPS) is 16.5. The van der Waals surface area contributed by atoms with E-state index in [-0.39, 0.29) is 24.2 Å². The molecule has 6 nitrogen and oxygen atoms in total. The van der Waals surface area contributed by atoms with E-state index in [0.717, 1.165) is 61.6 Å². The minimum Gasteiger partial charge on any atom is -0.507 e. The lowest BCUT2D eigenvalue weighted by Crippen LogP contribution is -2.19. The van der Waals surface area contributed by atoms with Crippen molar-refractivity contribution in [3.63, 3.8) is 0 Å². The van der Waals surface area contributed by atoms with Crippen molar-refractivity contribution in [1.29, 1.82) is 0 Å². The van der Waals surface area contributed by atoms with Gasteiger partial charge in [0, 0.05) is 23.6 Å². The number of carbonyl (C=O) groups is 1. The first-order valence-corrected chi connectivity index (χ1v) is 12.6. The molecule has 1 heterocycles. The molecule has 0 spiro atoms. The van der Waals surface area contributed by atoms with Crippen molar-refractivity contribution in [3.8, 4) is 5.75 Å². The number of nitrogens with one attached hydrogen (secondary N) is 1. The molecule has 2 aliphatic rings. The number of fused-ring (bicyclic) bond motifs is 1. The van der Waals surface area contributed by atoms with E-state index in [1.807, 2.05) is 48.5 Å². The number of rotatable bonds is 6. The van der Waals surface area contributed by atoms with E-state index in [4.69, 9.17) is 9.15 Å². The van der Waals surface area contributed by atoms with Gasteiger partial charge in [-0.2, -0.15) is 0 Å². The third kappa shape index (κ3) is 5.42. The van der Waals surface area contributed by atoms with Gasteiger partial charge in [0.2, 0.25) is 0 Å². The van der Waals surface area contributed by atoms with Crippen LogP contribution in [-0.4, -0.2) is 11.2 Å². The molecular weight excluding hydrogens is 442 g/mol. The molecule has 1 atom stereocenters. The van der Waals surface area contributed by atoms with E-state index in [2.05, 4.69) is 5.32 Å². The van der Waals surface area contributed by atoms with Crippen molar-refractivity contribution in [2.45, 2.75) is 63.9 Å². The summed E-state index contributed by atoms with van der Waals surface area (Å²) >= 11 is 0. The van der Waals surface area contributed by atoms with Crippen LogP contribution in [0.4, 0.5) is 10.5 Å². The molecule has 2 N–H and O–H groups in total. The Hall–Kier alpha value is -3.54. The molecule has 0 radical (unpaired) electrons. The van der Waals surface area contributed by atoms with Crippen molar-refractivity contribution < 1.29 is 19.1 Å². The molecule has 2 aliphatic carbocycles. The molecule has 0 bridgehead atoms. The summed E-state index contributed by atoms with van der Waals surface area (Å²) in [5, 5.41) is 14.1. The summed E-state index contributed by atoms with van der Waals surface area (Å²) in [5.74, 6) is 0.734. The third-order valence-electron chi connectivity index (χ3n) is 7.00. The molecule has 2 aromatic carbocycles. The molecule has 0 aliphatic heterocycles. The van der Waals surface area contributed by atoms with Gasteiger partial charge in [-0.1, -0.05) is 55.3 Å². The standard InChI is InChI=1S/C29H31NO5/c31-27-23-13-6-1-2-7-14-24(23)35-28(32)26(27)25(20-15-16-20)21-11-8-12-22(17-21)30-29(33)34-18-19-9-4-3-5-10-19/h3-5,8-12,17,20,25,31H,1-2,6-7,13-16,18H2,(H,30,33)/t25-/m0/s1. The number of ether oxygens (including phenoxy) is 1. The molecule has 0 saturated heterocycles. The van der Waals surface area contributed by atoms with Gasteiger partial charge in [0.1, 0.15) is 18.1 Å². The first kappa shape index (κ1) is 23.2. The number of anilines is 1. The Morgan fingerprint density at radius 3 is 2.57 bits per heavy atom. The zero-order valence-electron chi connectivity index (χ0n) is 19.8. The van der Waals surface area contributed by atoms with Gasteiger partial charge in [-0.05, 0) is 61.3 Å². The van der Waals surface area contributed by atoms with Gasteiger partial charge >= 0.3 is 11.7 Å². The second-order valence-corrected chi connectivity index (χ2v) is 9.60. The van der Waals surface area contributed by atoms with Crippen LogP contribution in [0.5, 0.6) is 5.75 Å². The fourth-order valence-corrected chi connectivity index (χ4v) is 5.09. The predicted molar refractivity (Wildman–Crippen MR) is 134 cm³/mol. The van der Waals surface area contributed by atoms with Gasteiger partial charge in [-0.15, -0.1) is 0 Å². The number of aryl methyl sites for hydroxylation is 1. The fraction of sp³-hybridized carbons (Fsp3) is 0.379. The number of benzene rings is 2. The third-order valence-corrected chi connectivity index (χ3v) is 7.00. The number of carbonyl (C=O) groups excluding carboxylic acids is 1. The number of hydrogen-bond acceptors (Lipinski definition) is 5. The summed E-state index contributed by atoms with van der Waals surface area (Å²) in [6.07, 6.45) is 7.02. The maximum Gasteiger partial charge on any atom is 0.411 e. The number of hydrogen-bond donors (Lipinski definition) is 2. The Morgan fingerprint density at radius 1 is 1.03 bits per heavy atom. The van der Waals surface area contributed by atoms with E-state index in [1.54, 1.807) is 6.07 Å². The van der Waals surface area contributed by atoms with Crippen LogP contribution in [0, 0.1) is 5.92 Å². The fourth-order valence-electron chi connectivity index (χ4n) is 5.09. The average molecular weight is 474 g/mol. The summed E-state index contributed by atoms with van der Waals surface area (Å²) in [6, 6.07) is 17.0. The summed E-state index contributed by atoms with van der Waals surface area (Å²) in [4.78, 5) is 25.5. The van der Waals surface area contributed by atoms with E-state index in [0.29, 0.717) is 23.4 Å². The maximum atomic E-state index is 13.1. The Labute approximate surface area is 204 Å². The lowest BCUT2D eigenvalue weighted by molar-refractivity contribution is 0.155. The molecule has 35 heavy (non-hydrogen) atoms. The first-order chi connectivity index (χ1) is 17.1. The first-order valence-electron chi connectivity index (χ1n) is 12.6. The summed E-state index contributed by atoms with van der Waals surface area (Å²) in [7, 11) is 0. The van der Waals surface area contributed by atoms with Gasteiger partial charge in [0.05, 0.1) is 5.56 Å². The Bertz CT molecular complexity index is 1250. The highest BCUT2D eigenvalue weighted by Gasteiger charge is 2.38. The lowest BCUT2D eigenvalue weighted by atomic mass is 9.85. The average Bonchev–Trinajstić information content (AvgIpc) is 3.68. The van der Waals surface area contributed by atoms with E-state index >= 15 is 0 Å². The summed E-state index contributed by atoms with van der Waals surface area (Å²) in [5.41, 5.74) is 3.08. The van der Waals surface area contributed by atoms with E-state index in [9.17, 15) is 14.7 Å². The SMILES string of the molecule is O=C(Nc1cccc([C@@H](c2c(O)c3c(oc2=O)CCCCCC3)C2CC2)c1)OCc1ccccc1. The number of aromatic hydroxyl groups is 1. The molecule has 1 amide bonds. The van der Waals surface area contributed by atoms with Crippen molar-refractivity contribution in [1.82, 2.24) is 0 Å². The van der Waals surface area contributed by atoms with E-state index in [1.165, 1.54) is 0 Å². The van der Waals surface area contributed by atoms with Crippen LogP contribution in [0.25, 0.3) is 0 Å². The maximum absolute atomic E-state index is 13.1. The van der Waals surface area contributed by atoms with Crippen LogP contribution in [0.2, 0.25) is 0 Å². The highest BCUT2D eigenvalue weighted by atomic mass is 16.5. The number of amides is 1. The zero-order chi connectivity index (χ0) is 24.2. The Morgan fingerprint density at radius 2 is 1.80 bits per heavy atom. The van der Waals surface area contributed by atoms with Crippen molar-refractivity contribution >= 4 is 11.8 Å². The molecule has 182 valence electrons. The highest BCUT2D eigenvalue weighted by molar-refractivity contribution is 5.84. The monoisotopic (exact) mass is 473 g/mol. The van der Waals surface area contributed by atoms with Crippen LogP contribution in [0.15, 0.2) is 63.8 Å². The Kier molecular flexibility index (Phi) is 6.89. The summed E-state index contributed by atoms with van der Waals surface area (Å²) < 4.78 is 11.1. The quantitative estimate of drug-likeness (QED) is 0.439. The van der Waals surface area contributed by atoms with Crippen LogP contribution in [0.3, 0.4) is 0 Å². The molecule has 3 aromatic rings. The molecule has 1 aromatic heterocycles. The summed E-state index contributed by atoms with van der Waals surface area (Å²) in [6.45, 7) is 0.182. The van der Waals surface area contributed by atoms with Crippen molar-refractivity contribution in [2.75, 3.05) is 5.32 Å². The van der Waals surface area contributed by atoms with Crippen LogP contribution in [0.1, 0.15) is 72.5 Å². The van der Waals surface area contributed by atoms with Crippen LogP contribution >= 0.6 is 0 Å².